The van der Waals surface area contributed by atoms with Crippen LogP contribution in [0.25, 0.3) is 0 Å². The Bertz CT molecular complexity index is 1010. The van der Waals surface area contributed by atoms with E-state index in [0.717, 1.165) is 38.4 Å². The molecule has 1 atom stereocenters. The molecule has 9 heteroatoms. The number of alkyl halides is 3. The van der Waals surface area contributed by atoms with E-state index < -0.39 is 28.8 Å². The second kappa shape index (κ2) is 8.53. The number of hydrogen-bond donors (Lipinski definition) is 1. The van der Waals surface area contributed by atoms with Crippen LogP contribution in [0.3, 0.4) is 0 Å². The fraction of sp³-hybridized carbons (Fsp3) is 0.409. The zero-order valence-corrected chi connectivity index (χ0v) is 19.5. The predicted octanol–water partition coefficient (Wildman–Crippen LogP) is 5.03. The summed E-state index contributed by atoms with van der Waals surface area (Å²) >= 11 is 8.05. The number of carbonyl (C=O) groups excluding carboxylic acids is 1. The Balaban J connectivity index is 1.85. The molecule has 1 saturated heterocycles. The Morgan fingerprint density at radius 3 is 2.42 bits per heavy atom. The van der Waals surface area contributed by atoms with Gasteiger partial charge in [0.2, 0.25) is 0 Å². The quantitative estimate of drug-likeness (QED) is 0.530. The Kier molecular flexibility index (Phi) is 6.28. The van der Waals surface area contributed by atoms with Crippen LogP contribution in [0.1, 0.15) is 36.0 Å². The highest BCUT2D eigenvalue weighted by atomic mass is 127. The van der Waals surface area contributed by atoms with Gasteiger partial charge in [-0.3, -0.25) is 4.79 Å². The van der Waals surface area contributed by atoms with E-state index in [-0.39, 0.29) is 22.8 Å². The molecule has 0 aliphatic carbocycles. The average molecular weight is 565 g/mol. The topological polar surface area (TPSA) is 43.8 Å². The minimum absolute atomic E-state index is 0.0360. The van der Waals surface area contributed by atoms with Crippen molar-refractivity contribution in [1.29, 1.82) is 0 Å². The molecule has 31 heavy (non-hydrogen) atoms. The lowest BCUT2D eigenvalue weighted by molar-refractivity contribution is -0.142. The first-order valence-corrected chi connectivity index (χ1v) is 11.5. The Morgan fingerprint density at radius 2 is 1.77 bits per heavy atom. The summed E-state index contributed by atoms with van der Waals surface area (Å²) in [7, 11) is 0. The van der Waals surface area contributed by atoms with Gasteiger partial charge < -0.3 is 14.9 Å². The highest BCUT2D eigenvalue weighted by molar-refractivity contribution is 14.1. The van der Waals surface area contributed by atoms with Gasteiger partial charge in [-0.15, -0.1) is 0 Å². The molecule has 1 unspecified atom stereocenters. The van der Waals surface area contributed by atoms with Gasteiger partial charge in [-0.05, 0) is 66.7 Å². The molecule has 2 aliphatic rings. The van der Waals surface area contributed by atoms with Crippen molar-refractivity contribution in [2.75, 3.05) is 31.1 Å². The van der Waals surface area contributed by atoms with E-state index in [4.69, 9.17) is 11.6 Å². The van der Waals surface area contributed by atoms with Gasteiger partial charge in [0, 0.05) is 32.8 Å². The van der Waals surface area contributed by atoms with Crippen molar-refractivity contribution < 1.29 is 23.1 Å². The van der Waals surface area contributed by atoms with Crippen LogP contribution in [0, 0.1) is 3.57 Å². The number of aliphatic hydroxyl groups is 1. The molecular weight excluding hydrogens is 544 g/mol. The SMILES string of the molecule is O=C1N(CCN2CCCCC2)c2cc(I)cc(C(F)(F)F)c2C1(O)c1ccccc1Cl. The van der Waals surface area contributed by atoms with Crippen molar-refractivity contribution in [2.45, 2.75) is 31.0 Å². The van der Waals surface area contributed by atoms with Gasteiger partial charge in [-0.25, -0.2) is 0 Å². The molecule has 0 aromatic heterocycles. The summed E-state index contributed by atoms with van der Waals surface area (Å²) in [6.45, 7) is 2.50. The van der Waals surface area contributed by atoms with Crippen LogP contribution in [0.15, 0.2) is 36.4 Å². The van der Waals surface area contributed by atoms with Crippen molar-refractivity contribution in [2.24, 2.45) is 0 Å². The molecule has 2 aliphatic heterocycles. The number of anilines is 1. The van der Waals surface area contributed by atoms with Crippen LogP contribution < -0.4 is 4.90 Å². The molecular formula is C22H21ClF3IN2O2. The highest BCUT2D eigenvalue weighted by Gasteiger charge is 2.56. The van der Waals surface area contributed by atoms with Gasteiger partial charge in [0.25, 0.3) is 5.91 Å². The van der Waals surface area contributed by atoms with E-state index in [1.54, 1.807) is 34.7 Å². The molecule has 0 spiro atoms. The van der Waals surface area contributed by atoms with Gasteiger partial charge in [0.05, 0.1) is 11.3 Å². The molecule has 1 N–H and O–H groups in total. The number of halogens is 5. The predicted molar refractivity (Wildman–Crippen MR) is 121 cm³/mol. The minimum Gasteiger partial charge on any atom is -0.372 e. The second-order valence-electron chi connectivity index (χ2n) is 7.89. The van der Waals surface area contributed by atoms with Crippen molar-refractivity contribution >= 4 is 45.8 Å². The summed E-state index contributed by atoms with van der Waals surface area (Å²) < 4.78 is 42.4. The lowest BCUT2D eigenvalue weighted by Crippen LogP contribution is -2.45. The maximum Gasteiger partial charge on any atom is 0.416 e. The molecule has 1 fully saturated rings. The molecule has 4 nitrogen and oxygen atoms in total. The van der Waals surface area contributed by atoms with E-state index in [2.05, 4.69) is 4.90 Å². The van der Waals surface area contributed by atoms with Crippen LogP contribution in [0.4, 0.5) is 18.9 Å². The number of fused-ring (bicyclic) bond motifs is 1. The van der Waals surface area contributed by atoms with Crippen molar-refractivity contribution in [3.63, 3.8) is 0 Å². The Morgan fingerprint density at radius 1 is 1.10 bits per heavy atom. The number of carbonyl (C=O) groups is 1. The molecule has 2 heterocycles. The molecule has 2 aromatic carbocycles. The minimum atomic E-state index is -4.75. The zero-order valence-electron chi connectivity index (χ0n) is 16.6. The average Bonchev–Trinajstić information content (AvgIpc) is 2.93. The maximum atomic E-state index is 14.0. The number of rotatable bonds is 4. The third kappa shape index (κ3) is 4.07. The summed E-state index contributed by atoms with van der Waals surface area (Å²) in [4.78, 5) is 17.0. The molecule has 2 aromatic rings. The van der Waals surface area contributed by atoms with Gasteiger partial charge in [-0.2, -0.15) is 13.2 Å². The standard InChI is InChI=1S/C22H21ClF3IN2O2/c23-17-7-3-2-6-15(17)21(31)19-16(22(24,25)26)12-14(27)13-18(19)29(20(21)30)11-10-28-8-4-1-5-9-28/h2-3,6-7,12-13,31H,1,4-5,8-11H2. The first-order valence-electron chi connectivity index (χ1n) is 10.1. The van der Waals surface area contributed by atoms with Crippen molar-refractivity contribution in [3.8, 4) is 0 Å². The lowest BCUT2D eigenvalue weighted by atomic mass is 9.84. The number of hydrogen-bond acceptors (Lipinski definition) is 3. The normalized spacial score (nSPS) is 22.1. The molecule has 4 rings (SSSR count). The first-order chi connectivity index (χ1) is 14.6. The van der Waals surface area contributed by atoms with E-state index >= 15 is 0 Å². The van der Waals surface area contributed by atoms with Gasteiger partial charge >= 0.3 is 6.18 Å². The number of piperidine rings is 1. The number of nitrogens with zero attached hydrogens (tertiary/aromatic N) is 2. The van der Waals surface area contributed by atoms with E-state index in [1.165, 1.54) is 23.1 Å². The van der Waals surface area contributed by atoms with E-state index in [9.17, 15) is 23.1 Å². The summed E-state index contributed by atoms with van der Waals surface area (Å²) in [5.41, 5.74) is -3.94. The summed E-state index contributed by atoms with van der Waals surface area (Å²) in [6, 6.07) is 8.48. The second-order valence-corrected chi connectivity index (χ2v) is 9.55. The van der Waals surface area contributed by atoms with Crippen LogP contribution in [0.5, 0.6) is 0 Å². The van der Waals surface area contributed by atoms with Gasteiger partial charge in [0.1, 0.15) is 0 Å². The number of benzene rings is 2. The summed E-state index contributed by atoms with van der Waals surface area (Å²) in [5.74, 6) is -0.805. The third-order valence-corrected chi connectivity index (χ3v) is 6.90. The largest absolute Gasteiger partial charge is 0.416 e. The number of likely N-dealkylation sites (tertiary alicyclic amines) is 1. The molecule has 0 bridgehead atoms. The molecule has 166 valence electrons. The summed E-state index contributed by atoms with van der Waals surface area (Å²) in [6.07, 6.45) is -1.47. The fourth-order valence-corrected chi connectivity index (χ4v) is 5.35. The smallest absolute Gasteiger partial charge is 0.372 e. The van der Waals surface area contributed by atoms with Gasteiger partial charge in [-0.1, -0.05) is 36.2 Å². The van der Waals surface area contributed by atoms with Crippen molar-refractivity contribution in [3.05, 3.63) is 61.7 Å². The lowest BCUT2D eigenvalue weighted by Gasteiger charge is -2.29. The van der Waals surface area contributed by atoms with Gasteiger partial charge in [0.15, 0.2) is 5.60 Å². The third-order valence-electron chi connectivity index (χ3n) is 5.95. The van der Waals surface area contributed by atoms with E-state index in [1.807, 2.05) is 0 Å². The van der Waals surface area contributed by atoms with Crippen LogP contribution in [-0.4, -0.2) is 42.1 Å². The van der Waals surface area contributed by atoms with Crippen LogP contribution in [-0.2, 0) is 16.6 Å². The first kappa shape index (κ1) is 22.8. The Hall–Kier alpha value is -1.36. The molecule has 1 amide bonds. The van der Waals surface area contributed by atoms with Crippen LogP contribution >= 0.6 is 34.2 Å². The monoisotopic (exact) mass is 564 g/mol. The fourth-order valence-electron chi connectivity index (χ4n) is 4.47. The maximum absolute atomic E-state index is 14.0. The number of amides is 1. The molecule has 0 saturated carbocycles. The van der Waals surface area contributed by atoms with Crippen LogP contribution in [0.2, 0.25) is 5.02 Å². The van der Waals surface area contributed by atoms with E-state index in [0.29, 0.717) is 10.1 Å². The zero-order chi connectivity index (χ0) is 22.4. The molecule has 0 radical (unpaired) electrons. The van der Waals surface area contributed by atoms with Crippen molar-refractivity contribution in [1.82, 2.24) is 4.90 Å². The summed E-state index contributed by atoms with van der Waals surface area (Å²) in [5, 5.41) is 11.7. The Labute approximate surface area is 197 Å². The highest BCUT2D eigenvalue weighted by Crippen LogP contribution is 2.51.